The first-order chi connectivity index (χ1) is 20.9. The number of nitrogens with zero attached hydrogens (tertiary/aromatic N) is 4. The Bertz CT molecular complexity index is 1540. The molecule has 8 rings (SSSR count). The Balaban J connectivity index is 1.16. The summed E-state index contributed by atoms with van der Waals surface area (Å²) in [6.45, 7) is 4.60. The van der Waals surface area contributed by atoms with Gasteiger partial charge in [-0.25, -0.2) is 4.39 Å². The molecule has 1 aromatic heterocycles. The van der Waals surface area contributed by atoms with Gasteiger partial charge in [0.2, 0.25) is 0 Å². The van der Waals surface area contributed by atoms with Gasteiger partial charge in [-0.1, -0.05) is 23.2 Å². The molecule has 8 nitrogen and oxygen atoms in total. The Morgan fingerprint density at radius 2 is 1.72 bits per heavy atom. The van der Waals surface area contributed by atoms with Gasteiger partial charge in [0.15, 0.2) is 5.82 Å². The van der Waals surface area contributed by atoms with E-state index < -0.39 is 5.82 Å². The van der Waals surface area contributed by atoms with E-state index in [-0.39, 0.29) is 23.0 Å². The second kappa shape index (κ2) is 11.2. The molecule has 5 aliphatic rings. The van der Waals surface area contributed by atoms with Gasteiger partial charge in [0.25, 0.3) is 0 Å². The summed E-state index contributed by atoms with van der Waals surface area (Å²) in [6, 6.07) is 7.28. The Morgan fingerprint density at radius 1 is 0.977 bits per heavy atom. The minimum absolute atomic E-state index is 0.193. The highest BCUT2D eigenvalue weighted by Gasteiger charge is 2.37. The van der Waals surface area contributed by atoms with Crippen LogP contribution in [-0.2, 0) is 4.74 Å². The average Bonchev–Trinajstić information content (AvgIpc) is 3.72. The number of benzene rings is 2. The Kier molecular flexibility index (Phi) is 7.30. The van der Waals surface area contributed by atoms with Crippen molar-refractivity contribution in [2.45, 2.75) is 75.0 Å². The second-order valence-corrected chi connectivity index (χ2v) is 13.7. The van der Waals surface area contributed by atoms with Crippen molar-refractivity contribution in [1.29, 1.82) is 0 Å². The topological polar surface area (TPSA) is 88.8 Å². The number of aromatic nitrogens is 2. The average molecular weight is 628 g/mol. The summed E-state index contributed by atoms with van der Waals surface area (Å²) in [5.41, 5.74) is 8.70. The van der Waals surface area contributed by atoms with E-state index >= 15 is 4.39 Å². The van der Waals surface area contributed by atoms with Crippen LogP contribution in [0.25, 0.3) is 22.0 Å². The largest absolute Gasteiger partial charge is 0.463 e. The molecule has 4 saturated heterocycles. The van der Waals surface area contributed by atoms with Crippen LogP contribution in [0, 0.1) is 5.82 Å². The first kappa shape index (κ1) is 28.1. The highest BCUT2D eigenvalue weighted by atomic mass is 35.5. The number of anilines is 2. The van der Waals surface area contributed by atoms with E-state index in [1.165, 1.54) is 12.8 Å². The van der Waals surface area contributed by atoms with Crippen LogP contribution in [0.5, 0.6) is 6.01 Å². The predicted molar refractivity (Wildman–Crippen MR) is 168 cm³/mol. The maximum atomic E-state index is 16.8. The zero-order valence-corrected chi connectivity index (χ0v) is 25.6. The van der Waals surface area contributed by atoms with Gasteiger partial charge in [0.05, 0.1) is 24.8 Å². The van der Waals surface area contributed by atoms with Crippen LogP contribution in [0.15, 0.2) is 18.2 Å². The van der Waals surface area contributed by atoms with Crippen molar-refractivity contribution in [3.05, 3.63) is 39.6 Å². The fourth-order valence-electron chi connectivity index (χ4n) is 7.80. The van der Waals surface area contributed by atoms with Crippen LogP contribution in [0.1, 0.15) is 56.4 Å². The molecule has 43 heavy (non-hydrogen) atoms. The van der Waals surface area contributed by atoms with Crippen molar-refractivity contribution < 1.29 is 13.9 Å². The zero-order valence-electron chi connectivity index (χ0n) is 24.1. The maximum Gasteiger partial charge on any atom is 0.319 e. The molecule has 1 saturated carbocycles. The zero-order chi connectivity index (χ0) is 29.2. The fourth-order valence-corrected chi connectivity index (χ4v) is 8.48. The third-order valence-corrected chi connectivity index (χ3v) is 10.6. The molecule has 1 aliphatic carbocycles. The van der Waals surface area contributed by atoms with E-state index in [1.807, 2.05) is 0 Å². The van der Waals surface area contributed by atoms with E-state index in [0.717, 1.165) is 70.5 Å². The SMILES string of the molecule is Nc1cc(Cl)c(C2CC2)c(-c2c(Cl)cc3c(N4CC5CCC(C4)N5)nc(OCCCN4C5CCC4COC5)nc3c2F)c1. The number of fused-ring (bicyclic) bond motifs is 5. The molecule has 4 bridgehead atoms. The lowest BCUT2D eigenvalue weighted by molar-refractivity contribution is -0.0161. The summed E-state index contributed by atoms with van der Waals surface area (Å²) >= 11 is 13.6. The van der Waals surface area contributed by atoms with Gasteiger partial charge in [0, 0.05) is 65.5 Å². The van der Waals surface area contributed by atoms with E-state index in [1.54, 1.807) is 18.2 Å². The monoisotopic (exact) mass is 626 g/mol. The number of morpholine rings is 1. The lowest BCUT2D eigenvalue weighted by Crippen LogP contribution is -2.51. The molecule has 4 atom stereocenters. The summed E-state index contributed by atoms with van der Waals surface area (Å²) in [5.74, 6) is 0.444. The number of hydrogen-bond acceptors (Lipinski definition) is 8. The minimum Gasteiger partial charge on any atom is -0.463 e. The summed E-state index contributed by atoms with van der Waals surface area (Å²) < 4.78 is 28.7. The standard InChI is InChI=1S/C32H37Cl2FN6O2/c33-25-11-18(36)10-23(27(25)17-2-3-17)28-26(34)12-24-30(29(28)35)38-32(39-31(24)40-13-19-4-5-20(14-40)37-19)43-9-1-8-41-21-6-7-22(41)16-42-15-21/h10-12,17,19-22,37H,1-9,13-16,36H2. The van der Waals surface area contributed by atoms with Gasteiger partial charge < -0.3 is 25.4 Å². The molecule has 0 amide bonds. The fraction of sp³-hybridized carbons (Fsp3) is 0.562. The minimum atomic E-state index is -0.498. The number of halogens is 3. The second-order valence-electron chi connectivity index (χ2n) is 12.9. The molecule has 0 radical (unpaired) electrons. The molecule has 11 heteroatoms. The summed E-state index contributed by atoms with van der Waals surface area (Å²) in [7, 11) is 0. The first-order valence-electron chi connectivity index (χ1n) is 15.7. The molecule has 5 heterocycles. The number of nitrogen functional groups attached to an aromatic ring is 1. The normalized spacial score (nSPS) is 26.9. The van der Waals surface area contributed by atoms with E-state index in [9.17, 15) is 0 Å². The van der Waals surface area contributed by atoms with Gasteiger partial charge in [-0.3, -0.25) is 4.90 Å². The first-order valence-corrected chi connectivity index (χ1v) is 16.4. The molecule has 3 N–H and O–H groups in total. The number of nitrogens with two attached hydrogens (primary N) is 1. The number of ether oxygens (including phenoxy) is 2. The van der Waals surface area contributed by atoms with Crippen LogP contribution in [0.4, 0.5) is 15.9 Å². The van der Waals surface area contributed by atoms with Gasteiger partial charge in [-0.15, -0.1) is 0 Å². The highest BCUT2D eigenvalue weighted by Crippen LogP contribution is 2.51. The van der Waals surface area contributed by atoms with Crippen molar-refractivity contribution in [2.24, 2.45) is 0 Å². The van der Waals surface area contributed by atoms with Crippen LogP contribution in [0.2, 0.25) is 10.0 Å². The van der Waals surface area contributed by atoms with Gasteiger partial charge in [0.1, 0.15) is 11.3 Å². The third kappa shape index (κ3) is 5.21. The van der Waals surface area contributed by atoms with E-state index in [4.69, 9.17) is 43.4 Å². The lowest BCUT2D eigenvalue weighted by atomic mass is 9.94. The third-order valence-electron chi connectivity index (χ3n) is 9.95. The van der Waals surface area contributed by atoms with E-state index in [2.05, 4.69) is 20.1 Å². The molecule has 5 fully saturated rings. The van der Waals surface area contributed by atoms with E-state index in [0.29, 0.717) is 63.3 Å². The quantitative estimate of drug-likeness (QED) is 0.240. The highest BCUT2D eigenvalue weighted by molar-refractivity contribution is 6.35. The van der Waals surface area contributed by atoms with Gasteiger partial charge in [-0.05, 0) is 80.2 Å². The van der Waals surface area contributed by atoms with Crippen LogP contribution < -0.4 is 20.7 Å². The number of nitrogens with one attached hydrogen (secondary N) is 1. The Labute approximate surface area is 261 Å². The Hall–Kier alpha value is -2.43. The Morgan fingerprint density at radius 3 is 2.44 bits per heavy atom. The van der Waals surface area contributed by atoms with Crippen molar-refractivity contribution in [3.63, 3.8) is 0 Å². The number of piperazine rings is 1. The molecular weight excluding hydrogens is 590 g/mol. The van der Waals surface area contributed by atoms with Gasteiger partial charge in [-0.2, -0.15) is 9.97 Å². The van der Waals surface area contributed by atoms with Crippen LogP contribution in [0.3, 0.4) is 0 Å². The smallest absolute Gasteiger partial charge is 0.319 e. The molecular formula is C32H37Cl2FN6O2. The van der Waals surface area contributed by atoms with Crippen molar-refractivity contribution >= 4 is 45.6 Å². The molecule has 3 aromatic rings. The summed E-state index contributed by atoms with van der Waals surface area (Å²) in [6.07, 6.45) is 7.48. The van der Waals surface area contributed by atoms with Crippen molar-refractivity contribution in [2.75, 3.05) is 50.1 Å². The summed E-state index contributed by atoms with van der Waals surface area (Å²) in [4.78, 5) is 14.3. The lowest BCUT2D eigenvalue weighted by Gasteiger charge is -2.34. The molecule has 228 valence electrons. The molecule has 0 spiro atoms. The van der Waals surface area contributed by atoms with Gasteiger partial charge >= 0.3 is 6.01 Å². The predicted octanol–water partition coefficient (Wildman–Crippen LogP) is 5.78. The van der Waals surface area contributed by atoms with Crippen molar-refractivity contribution in [3.8, 4) is 17.1 Å². The molecule has 2 aromatic carbocycles. The van der Waals surface area contributed by atoms with Crippen LogP contribution in [-0.4, -0.2) is 78.5 Å². The maximum absolute atomic E-state index is 16.8. The molecule has 4 unspecified atom stereocenters. The number of hydrogen-bond donors (Lipinski definition) is 2. The van der Waals surface area contributed by atoms with Crippen molar-refractivity contribution in [1.82, 2.24) is 20.2 Å². The molecule has 4 aliphatic heterocycles. The van der Waals surface area contributed by atoms with Crippen LogP contribution >= 0.6 is 23.2 Å². The number of rotatable bonds is 8. The summed E-state index contributed by atoms with van der Waals surface area (Å²) in [5, 5.41) is 5.10.